The Hall–Kier alpha value is -2.82. The summed E-state index contributed by atoms with van der Waals surface area (Å²) < 4.78 is 37.2. The highest BCUT2D eigenvalue weighted by atomic mass is 35.5. The summed E-state index contributed by atoms with van der Waals surface area (Å²) in [6.07, 6.45) is -0.0564. The van der Waals surface area contributed by atoms with Crippen LogP contribution < -0.4 is 25.2 Å². The fraction of sp³-hybridized carbons (Fsp3) is 0.222. The van der Waals surface area contributed by atoms with Crippen LogP contribution in [0.5, 0.6) is 11.5 Å². The van der Waals surface area contributed by atoms with Gasteiger partial charge in [-0.3, -0.25) is 10.2 Å². The fourth-order valence-corrected chi connectivity index (χ4v) is 3.37. The summed E-state index contributed by atoms with van der Waals surface area (Å²) in [5.74, 6) is 0.490. The van der Waals surface area contributed by atoms with Crippen molar-refractivity contribution in [2.75, 3.05) is 26.1 Å². The minimum atomic E-state index is -3.77. The first kappa shape index (κ1) is 24.2. The SMILES string of the molecule is COc1ccc(NC(=O)CCNS(=O)(=O)c2ccc(C(=N)N)cc2)cc1OC.Cl. The molecule has 0 radical (unpaired) electrons. The van der Waals surface area contributed by atoms with E-state index in [1.54, 1.807) is 18.2 Å². The molecule has 158 valence electrons. The molecule has 11 heteroatoms. The van der Waals surface area contributed by atoms with E-state index < -0.39 is 10.0 Å². The molecule has 0 aliphatic carbocycles. The van der Waals surface area contributed by atoms with E-state index >= 15 is 0 Å². The van der Waals surface area contributed by atoms with Crippen LogP contribution in [-0.4, -0.2) is 40.9 Å². The van der Waals surface area contributed by atoms with Gasteiger partial charge in [-0.05, 0) is 36.4 Å². The third-order valence-electron chi connectivity index (χ3n) is 3.79. The third kappa shape index (κ3) is 6.63. The zero-order valence-corrected chi connectivity index (χ0v) is 17.5. The number of nitrogens with one attached hydrogen (secondary N) is 3. The summed E-state index contributed by atoms with van der Waals surface area (Å²) in [5, 5.41) is 9.98. The number of amides is 1. The Kier molecular flexibility index (Phi) is 8.89. The predicted octanol–water partition coefficient (Wildman–Crippen LogP) is 1.72. The summed E-state index contributed by atoms with van der Waals surface area (Å²) >= 11 is 0. The lowest BCUT2D eigenvalue weighted by atomic mass is 10.2. The number of ether oxygens (including phenoxy) is 2. The summed E-state index contributed by atoms with van der Waals surface area (Å²) in [7, 11) is -0.772. The van der Waals surface area contributed by atoms with E-state index in [2.05, 4.69) is 10.0 Å². The molecule has 0 aromatic heterocycles. The van der Waals surface area contributed by atoms with Crippen molar-refractivity contribution in [2.24, 2.45) is 5.73 Å². The average molecular weight is 443 g/mol. The second-order valence-corrected chi connectivity index (χ2v) is 7.47. The van der Waals surface area contributed by atoms with Gasteiger partial charge in [0.05, 0.1) is 19.1 Å². The Morgan fingerprint density at radius 3 is 2.24 bits per heavy atom. The minimum Gasteiger partial charge on any atom is -0.493 e. The summed E-state index contributed by atoms with van der Waals surface area (Å²) in [6.45, 7) is -0.0735. The van der Waals surface area contributed by atoms with Gasteiger partial charge < -0.3 is 20.5 Å². The van der Waals surface area contributed by atoms with Crippen molar-refractivity contribution in [2.45, 2.75) is 11.3 Å². The van der Waals surface area contributed by atoms with Crippen molar-refractivity contribution in [1.29, 1.82) is 5.41 Å². The monoisotopic (exact) mass is 442 g/mol. The topological polar surface area (TPSA) is 144 Å². The van der Waals surface area contributed by atoms with Crippen LogP contribution in [0.4, 0.5) is 5.69 Å². The molecule has 2 rings (SSSR count). The van der Waals surface area contributed by atoms with Crippen molar-refractivity contribution in [3.8, 4) is 11.5 Å². The first-order valence-electron chi connectivity index (χ1n) is 8.23. The van der Waals surface area contributed by atoms with Crippen LogP contribution in [0.3, 0.4) is 0 Å². The largest absolute Gasteiger partial charge is 0.493 e. The number of anilines is 1. The molecule has 0 spiro atoms. The lowest BCUT2D eigenvalue weighted by Gasteiger charge is -2.11. The van der Waals surface area contributed by atoms with Crippen LogP contribution in [-0.2, 0) is 14.8 Å². The van der Waals surface area contributed by atoms with Crippen molar-refractivity contribution in [3.05, 3.63) is 48.0 Å². The number of hydrogen-bond donors (Lipinski definition) is 4. The lowest BCUT2D eigenvalue weighted by molar-refractivity contribution is -0.116. The maximum atomic E-state index is 12.2. The first-order chi connectivity index (χ1) is 13.3. The molecule has 1 amide bonds. The minimum absolute atomic E-state index is 0. The molecule has 5 N–H and O–H groups in total. The number of amidine groups is 1. The summed E-state index contributed by atoms with van der Waals surface area (Å²) in [5.41, 5.74) is 6.27. The third-order valence-corrected chi connectivity index (χ3v) is 5.26. The van der Waals surface area contributed by atoms with Gasteiger partial charge in [0, 0.05) is 30.3 Å². The van der Waals surface area contributed by atoms with E-state index in [4.69, 9.17) is 20.6 Å². The number of halogens is 1. The van der Waals surface area contributed by atoms with E-state index in [1.807, 2.05) is 0 Å². The highest BCUT2D eigenvalue weighted by molar-refractivity contribution is 7.89. The van der Waals surface area contributed by atoms with Gasteiger partial charge in [-0.25, -0.2) is 13.1 Å². The standard InChI is InChI=1S/C18H22N4O5S.ClH/c1-26-15-8-5-13(11-16(15)27-2)22-17(23)9-10-21-28(24,25)14-6-3-12(4-7-14)18(19)20;/h3-8,11,21H,9-10H2,1-2H3,(H3,19,20)(H,22,23);1H. The molecule has 9 nitrogen and oxygen atoms in total. The van der Waals surface area contributed by atoms with Crippen LogP contribution in [0.15, 0.2) is 47.4 Å². The van der Waals surface area contributed by atoms with Crippen LogP contribution in [0.1, 0.15) is 12.0 Å². The van der Waals surface area contributed by atoms with Crippen LogP contribution >= 0.6 is 12.4 Å². The second kappa shape index (κ2) is 10.6. The molecule has 0 atom stereocenters. The second-order valence-electron chi connectivity index (χ2n) is 5.70. The van der Waals surface area contributed by atoms with Crippen molar-refractivity contribution < 1.29 is 22.7 Å². The maximum Gasteiger partial charge on any atom is 0.240 e. The van der Waals surface area contributed by atoms with Crippen LogP contribution in [0, 0.1) is 5.41 Å². The predicted molar refractivity (Wildman–Crippen MR) is 113 cm³/mol. The molecule has 29 heavy (non-hydrogen) atoms. The molecule has 2 aromatic carbocycles. The molecule has 0 unspecified atom stereocenters. The van der Waals surface area contributed by atoms with Gasteiger partial charge in [-0.15, -0.1) is 12.4 Å². The van der Waals surface area contributed by atoms with E-state index in [0.29, 0.717) is 22.7 Å². The number of nitrogens with two attached hydrogens (primary N) is 1. The number of sulfonamides is 1. The van der Waals surface area contributed by atoms with Gasteiger partial charge in [-0.1, -0.05) is 0 Å². The average Bonchev–Trinajstić information content (AvgIpc) is 2.67. The Balaban J connectivity index is 0.00000420. The Bertz CT molecular complexity index is 965. The number of carbonyl (C=O) groups is 1. The number of methoxy groups -OCH3 is 2. The van der Waals surface area contributed by atoms with E-state index in [0.717, 1.165) is 0 Å². The Morgan fingerprint density at radius 2 is 1.69 bits per heavy atom. The Morgan fingerprint density at radius 1 is 1.07 bits per heavy atom. The van der Waals surface area contributed by atoms with E-state index in [1.165, 1.54) is 38.5 Å². The van der Waals surface area contributed by atoms with Crippen molar-refractivity contribution in [3.63, 3.8) is 0 Å². The van der Waals surface area contributed by atoms with Crippen molar-refractivity contribution >= 4 is 39.9 Å². The Labute approximate surface area is 175 Å². The molecular weight excluding hydrogens is 420 g/mol. The molecule has 0 fully saturated rings. The number of rotatable bonds is 9. The fourth-order valence-electron chi connectivity index (χ4n) is 2.33. The maximum absolute atomic E-state index is 12.2. The first-order valence-corrected chi connectivity index (χ1v) is 9.71. The van der Waals surface area contributed by atoms with Gasteiger partial charge in [0.15, 0.2) is 11.5 Å². The highest BCUT2D eigenvalue weighted by Gasteiger charge is 2.15. The molecule has 0 saturated carbocycles. The van der Waals surface area contributed by atoms with Gasteiger partial charge in [0.25, 0.3) is 0 Å². The van der Waals surface area contributed by atoms with Gasteiger partial charge >= 0.3 is 0 Å². The van der Waals surface area contributed by atoms with Crippen LogP contribution in [0.25, 0.3) is 0 Å². The van der Waals surface area contributed by atoms with Gasteiger partial charge in [-0.2, -0.15) is 0 Å². The zero-order valence-electron chi connectivity index (χ0n) is 15.9. The van der Waals surface area contributed by atoms with E-state index in [9.17, 15) is 13.2 Å². The van der Waals surface area contributed by atoms with Crippen molar-refractivity contribution in [1.82, 2.24) is 4.72 Å². The van der Waals surface area contributed by atoms with Gasteiger partial charge in [0.1, 0.15) is 5.84 Å². The molecule has 2 aromatic rings. The lowest BCUT2D eigenvalue weighted by Crippen LogP contribution is -2.28. The molecule has 0 heterocycles. The summed E-state index contributed by atoms with van der Waals surface area (Å²) in [4.78, 5) is 12.1. The quantitative estimate of drug-likeness (QED) is 0.344. The highest BCUT2D eigenvalue weighted by Crippen LogP contribution is 2.29. The number of hydrogen-bond acceptors (Lipinski definition) is 6. The molecule has 0 aliphatic heterocycles. The number of nitrogen functional groups attached to an aromatic ring is 1. The van der Waals surface area contributed by atoms with E-state index in [-0.39, 0.29) is 42.0 Å². The smallest absolute Gasteiger partial charge is 0.240 e. The van der Waals surface area contributed by atoms with Crippen LogP contribution in [0.2, 0.25) is 0 Å². The van der Waals surface area contributed by atoms with Gasteiger partial charge in [0.2, 0.25) is 15.9 Å². The molecule has 0 saturated heterocycles. The number of benzene rings is 2. The molecule has 0 aliphatic rings. The zero-order chi connectivity index (χ0) is 20.7. The summed E-state index contributed by atoms with van der Waals surface area (Å²) in [6, 6.07) is 10.5. The molecular formula is C18H23ClN4O5S. The number of carbonyl (C=O) groups excluding carboxylic acids is 1. The molecule has 0 bridgehead atoms. The normalized spacial score (nSPS) is 10.6.